The van der Waals surface area contributed by atoms with Crippen molar-refractivity contribution in [3.8, 4) is 0 Å². The van der Waals surface area contributed by atoms with Crippen molar-refractivity contribution < 1.29 is 8.42 Å². The van der Waals surface area contributed by atoms with Crippen LogP contribution in [0.15, 0.2) is 53.6 Å². The Morgan fingerprint density at radius 2 is 1.80 bits per heavy atom. The van der Waals surface area contributed by atoms with E-state index in [1.165, 1.54) is 0 Å². The fraction of sp³-hybridized carbons (Fsp3) is 0.300. The molecular weight excluding hydrogens is 332 g/mol. The average molecular weight is 356 g/mol. The van der Waals surface area contributed by atoms with Crippen LogP contribution in [0.3, 0.4) is 0 Å². The molecular formula is C20H24N2O2S. The van der Waals surface area contributed by atoms with E-state index in [1.54, 1.807) is 6.07 Å². The van der Waals surface area contributed by atoms with Crippen molar-refractivity contribution in [1.29, 1.82) is 0 Å². The molecule has 2 N–H and O–H groups in total. The predicted molar refractivity (Wildman–Crippen MR) is 102 cm³/mol. The zero-order chi connectivity index (χ0) is 18.2. The Bertz CT molecular complexity index is 1020. The smallest absolute Gasteiger partial charge is 0.240 e. The summed E-state index contributed by atoms with van der Waals surface area (Å²) in [6.45, 7) is 8.14. The van der Waals surface area contributed by atoms with Gasteiger partial charge in [-0.1, -0.05) is 44.2 Å². The molecule has 0 aliphatic heterocycles. The molecule has 132 valence electrons. The van der Waals surface area contributed by atoms with Crippen molar-refractivity contribution in [1.82, 2.24) is 9.71 Å². The lowest BCUT2D eigenvalue weighted by Crippen LogP contribution is -2.36. The van der Waals surface area contributed by atoms with E-state index in [9.17, 15) is 8.42 Å². The largest absolute Gasteiger partial charge is 0.361 e. The third-order valence-corrected chi connectivity index (χ3v) is 6.20. The number of aromatic nitrogens is 1. The molecule has 0 aliphatic rings. The number of rotatable bonds is 5. The summed E-state index contributed by atoms with van der Waals surface area (Å²) in [5.74, 6) is 0. The molecule has 1 aromatic heterocycles. The highest BCUT2D eigenvalue weighted by molar-refractivity contribution is 7.89. The van der Waals surface area contributed by atoms with E-state index in [2.05, 4.69) is 15.8 Å². The minimum atomic E-state index is -3.55. The van der Waals surface area contributed by atoms with Crippen molar-refractivity contribution in [3.05, 3.63) is 65.4 Å². The van der Waals surface area contributed by atoms with Gasteiger partial charge in [0.05, 0.1) is 4.90 Å². The van der Waals surface area contributed by atoms with E-state index in [-0.39, 0.29) is 5.41 Å². The van der Waals surface area contributed by atoms with E-state index in [4.69, 9.17) is 0 Å². The van der Waals surface area contributed by atoms with Crippen LogP contribution in [0.5, 0.6) is 0 Å². The molecule has 0 aliphatic carbocycles. The minimum Gasteiger partial charge on any atom is -0.361 e. The number of H-pyrrole nitrogens is 1. The van der Waals surface area contributed by atoms with Gasteiger partial charge in [0.25, 0.3) is 0 Å². The van der Waals surface area contributed by atoms with Gasteiger partial charge in [0, 0.05) is 29.1 Å². The molecule has 0 unspecified atom stereocenters. The fourth-order valence-corrected chi connectivity index (χ4v) is 4.62. The Hall–Kier alpha value is -2.11. The van der Waals surface area contributed by atoms with Crippen LogP contribution in [0.25, 0.3) is 10.9 Å². The Balaban J connectivity index is 1.88. The average Bonchev–Trinajstić information content (AvgIpc) is 3.00. The number of fused-ring (bicyclic) bond motifs is 1. The standard InChI is InChI=1S/C20H24N2O2S/c1-14-9-10-15(2)19(11-14)25(23,24)22-13-20(3,4)17-12-21-18-8-6-5-7-16(17)18/h5-12,21-22H,13H2,1-4H3. The number of sulfonamides is 1. The molecule has 0 saturated carbocycles. The van der Waals surface area contributed by atoms with Gasteiger partial charge in [-0.3, -0.25) is 0 Å². The van der Waals surface area contributed by atoms with Gasteiger partial charge in [-0.15, -0.1) is 0 Å². The van der Waals surface area contributed by atoms with Crippen molar-refractivity contribution in [2.75, 3.05) is 6.54 Å². The van der Waals surface area contributed by atoms with Crippen LogP contribution in [0, 0.1) is 13.8 Å². The van der Waals surface area contributed by atoms with E-state index >= 15 is 0 Å². The van der Waals surface area contributed by atoms with E-state index < -0.39 is 10.0 Å². The van der Waals surface area contributed by atoms with Crippen LogP contribution >= 0.6 is 0 Å². The summed E-state index contributed by atoms with van der Waals surface area (Å²) in [6.07, 6.45) is 1.97. The van der Waals surface area contributed by atoms with E-state index in [0.717, 1.165) is 27.6 Å². The first-order valence-electron chi connectivity index (χ1n) is 8.34. The molecule has 1 heterocycles. The van der Waals surface area contributed by atoms with Crippen LogP contribution in [0.4, 0.5) is 0 Å². The van der Waals surface area contributed by atoms with Gasteiger partial charge in [0.2, 0.25) is 10.0 Å². The van der Waals surface area contributed by atoms with Gasteiger partial charge in [0.15, 0.2) is 0 Å². The minimum absolute atomic E-state index is 0.324. The lowest BCUT2D eigenvalue weighted by Gasteiger charge is -2.25. The normalized spacial score (nSPS) is 12.6. The van der Waals surface area contributed by atoms with Gasteiger partial charge in [0.1, 0.15) is 0 Å². The highest BCUT2D eigenvalue weighted by Gasteiger charge is 2.27. The topological polar surface area (TPSA) is 62.0 Å². The molecule has 2 aromatic carbocycles. The molecule has 0 bridgehead atoms. The number of nitrogens with one attached hydrogen (secondary N) is 2. The second kappa shape index (κ2) is 6.32. The molecule has 0 amide bonds. The predicted octanol–water partition coefficient (Wildman–Crippen LogP) is 4.04. The zero-order valence-electron chi connectivity index (χ0n) is 15.1. The Labute approximate surface area is 149 Å². The van der Waals surface area contributed by atoms with Crippen molar-refractivity contribution in [3.63, 3.8) is 0 Å². The van der Waals surface area contributed by atoms with Crippen molar-refractivity contribution in [2.45, 2.75) is 38.0 Å². The maximum Gasteiger partial charge on any atom is 0.240 e. The molecule has 0 radical (unpaired) electrons. The number of hydrogen-bond acceptors (Lipinski definition) is 2. The monoisotopic (exact) mass is 356 g/mol. The van der Waals surface area contributed by atoms with Crippen LogP contribution in [-0.4, -0.2) is 19.9 Å². The number of aryl methyl sites for hydroxylation is 2. The fourth-order valence-electron chi connectivity index (χ4n) is 3.08. The summed E-state index contributed by atoms with van der Waals surface area (Å²) in [5, 5.41) is 1.12. The van der Waals surface area contributed by atoms with Crippen LogP contribution in [0.1, 0.15) is 30.5 Å². The maximum absolute atomic E-state index is 12.8. The van der Waals surface area contributed by atoms with Gasteiger partial charge >= 0.3 is 0 Å². The van der Waals surface area contributed by atoms with Crippen molar-refractivity contribution >= 4 is 20.9 Å². The first-order valence-corrected chi connectivity index (χ1v) is 9.82. The van der Waals surface area contributed by atoms with Gasteiger partial charge in [-0.25, -0.2) is 13.1 Å². The first kappa shape index (κ1) is 17.7. The highest BCUT2D eigenvalue weighted by Crippen LogP contribution is 2.30. The quantitative estimate of drug-likeness (QED) is 0.725. The number of hydrogen-bond donors (Lipinski definition) is 2. The van der Waals surface area contributed by atoms with Crippen LogP contribution in [-0.2, 0) is 15.4 Å². The Morgan fingerprint density at radius 3 is 2.56 bits per heavy atom. The highest BCUT2D eigenvalue weighted by atomic mass is 32.2. The molecule has 0 spiro atoms. The number of aromatic amines is 1. The van der Waals surface area contributed by atoms with Crippen LogP contribution < -0.4 is 4.72 Å². The molecule has 0 atom stereocenters. The zero-order valence-corrected chi connectivity index (χ0v) is 15.9. The third kappa shape index (κ3) is 3.48. The second-order valence-electron chi connectivity index (χ2n) is 7.23. The van der Waals surface area contributed by atoms with Gasteiger partial charge < -0.3 is 4.98 Å². The summed E-state index contributed by atoms with van der Waals surface area (Å²) >= 11 is 0. The Kier molecular flexibility index (Phi) is 4.47. The van der Waals surface area contributed by atoms with Gasteiger partial charge in [-0.2, -0.15) is 0 Å². The van der Waals surface area contributed by atoms with E-state index in [0.29, 0.717) is 11.4 Å². The third-order valence-electron chi connectivity index (χ3n) is 4.66. The molecule has 3 aromatic rings. The number of para-hydroxylation sites is 1. The summed E-state index contributed by atoms with van der Waals surface area (Å²) in [7, 11) is -3.55. The summed E-state index contributed by atoms with van der Waals surface area (Å²) in [4.78, 5) is 3.61. The molecule has 25 heavy (non-hydrogen) atoms. The van der Waals surface area contributed by atoms with Crippen molar-refractivity contribution in [2.24, 2.45) is 0 Å². The van der Waals surface area contributed by atoms with Gasteiger partial charge in [-0.05, 0) is 42.7 Å². The molecule has 0 saturated heterocycles. The SMILES string of the molecule is Cc1ccc(C)c(S(=O)(=O)NCC(C)(C)c2c[nH]c3ccccc23)c1. The maximum atomic E-state index is 12.8. The second-order valence-corrected chi connectivity index (χ2v) is 8.96. The summed E-state index contributed by atoms with van der Waals surface area (Å²) in [6, 6.07) is 13.5. The Morgan fingerprint density at radius 1 is 1.08 bits per heavy atom. The lowest BCUT2D eigenvalue weighted by molar-refractivity contribution is 0.504. The lowest BCUT2D eigenvalue weighted by atomic mass is 9.85. The molecule has 3 rings (SSSR count). The first-order chi connectivity index (χ1) is 11.7. The summed E-state index contributed by atoms with van der Waals surface area (Å²) < 4.78 is 28.3. The summed E-state index contributed by atoms with van der Waals surface area (Å²) in [5.41, 5.74) is 3.50. The molecule has 4 nitrogen and oxygen atoms in total. The van der Waals surface area contributed by atoms with Crippen LogP contribution in [0.2, 0.25) is 0 Å². The molecule has 0 fully saturated rings. The van der Waals surface area contributed by atoms with E-state index in [1.807, 2.05) is 64.2 Å². The molecule has 5 heteroatoms. The number of benzene rings is 2.